The molecule has 0 unspecified atom stereocenters. The third-order valence-corrected chi connectivity index (χ3v) is 3.69. The van der Waals surface area contributed by atoms with Crippen LogP contribution in [0.5, 0.6) is 0 Å². The van der Waals surface area contributed by atoms with E-state index in [-0.39, 0.29) is 6.10 Å². The van der Waals surface area contributed by atoms with Crippen LogP contribution >= 0.6 is 0 Å². The third-order valence-electron chi connectivity index (χ3n) is 3.69. The molecule has 1 aliphatic rings. The second-order valence-electron chi connectivity index (χ2n) is 5.48. The minimum absolute atomic E-state index is 0.224. The molecule has 22 heavy (non-hydrogen) atoms. The molecule has 0 bridgehead atoms. The molecule has 114 valence electrons. The van der Waals surface area contributed by atoms with Gasteiger partial charge in [0, 0.05) is 6.42 Å². The van der Waals surface area contributed by atoms with E-state index in [1.54, 1.807) is 25.1 Å². The summed E-state index contributed by atoms with van der Waals surface area (Å²) in [7, 11) is 0. The average Bonchev–Trinajstić information content (AvgIpc) is 2.77. The fourth-order valence-corrected chi connectivity index (χ4v) is 2.37. The van der Waals surface area contributed by atoms with E-state index in [9.17, 15) is 9.59 Å². The van der Waals surface area contributed by atoms with Crippen LogP contribution in [0, 0.1) is 13.8 Å². The normalized spacial score (nSPS) is 21.0. The maximum Gasteiger partial charge on any atom is 0.347 e. The van der Waals surface area contributed by atoms with Crippen molar-refractivity contribution < 1.29 is 19.1 Å². The monoisotopic (exact) mass is 300 g/mol. The summed E-state index contributed by atoms with van der Waals surface area (Å²) in [6, 6.07) is 4.97. The summed E-state index contributed by atoms with van der Waals surface area (Å²) < 4.78 is 10.2. The molecule has 0 spiro atoms. The van der Waals surface area contributed by atoms with Crippen molar-refractivity contribution in [2.45, 2.75) is 39.4 Å². The van der Waals surface area contributed by atoms with Crippen LogP contribution in [0.4, 0.5) is 0 Å². The number of hydrogen-bond acceptors (Lipinski definition) is 6. The number of fused-ring (bicyclic) bond motifs is 1. The molecule has 6 nitrogen and oxygen atoms in total. The molecule has 3 rings (SSSR count). The van der Waals surface area contributed by atoms with Crippen LogP contribution in [0.1, 0.15) is 35.1 Å². The predicted octanol–water partition coefficient (Wildman–Crippen LogP) is 2.11. The Balaban J connectivity index is 1.85. The Hall–Kier alpha value is -2.50. The lowest BCUT2D eigenvalue weighted by atomic mass is 10.1. The number of rotatable bonds is 2. The van der Waals surface area contributed by atoms with Gasteiger partial charge in [0.05, 0.1) is 28.0 Å². The fourth-order valence-electron chi connectivity index (χ4n) is 2.37. The van der Waals surface area contributed by atoms with E-state index in [1.165, 1.54) is 0 Å². The molecular weight excluding hydrogens is 284 g/mol. The number of benzene rings is 1. The number of carbonyl (C=O) groups excluding carboxylic acids is 2. The quantitative estimate of drug-likeness (QED) is 0.790. The molecule has 0 saturated carbocycles. The molecule has 0 amide bonds. The third kappa shape index (κ3) is 2.64. The van der Waals surface area contributed by atoms with E-state index < -0.39 is 18.0 Å². The van der Waals surface area contributed by atoms with Crippen molar-refractivity contribution in [3.63, 3.8) is 0 Å². The topological polar surface area (TPSA) is 78.4 Å². The first kappa shape index (κ1) is 14.4. The molecule has 1 aliphatic heterocycles. The van der Waals surface area contributed by atoms with Gasteiger partial charge in [-0.1, -0.05) is 0 Å². The highest BCUT2D eigenvalue weighted by atomic mass is 16.6. The molecule has 1 fully saturated rings. The highest BCUT2D eigenvalue weighted by Crippen LogP contribution is 2.20. The minimum Gasteiger partial charge on any atom is -0.460 e. The Kier molecular flexibility index (Phi) is 3.52. The molecule has 1 aromatic heterocycles. The van der Waals surface area contributed by atoms with Gasteiger partial charge < -0.3 is 9.47 Å². The summed E-state index contributed by atoms with van der Waals surface area (Å²) in [5, 5.41) is 0. The SMILES string of the molecule is Cc1nc2ccc(C(=O)O[C@@H]3C[C@@H](C)OC3=O)cc2nc1C. The maximum absolute atomic E-state index is 12.2. The lowest BCUT2D eigenvalue weighted by molar-refractivity contribution is -0.147. The molecule has 6 heteroatoms. The highest BCUT2D eigenvalue weighted by Gasteiger charge is 2.35. The molecule has 2 aromatic rings. The number of aromatic nitrogens is 2. The maximum atomic E-state index is 12.2. The Morgan fingerprint density at radius 3 is 2.55 bits per heavy atom. The zero-order chi connectivity index (χ0) is 15.9. The standard InChI is InChI=1S/C16H16N2O4/c1-8-6-14(16(20)21-8)22-15(19)11-4-5-12-13(7-11)18-10(3)9(2)17-12/h4-5,7-8,14H,6H2,1-3H3/t8-,14-/m1/s1. The van der Waals surface area contributed by atoms with Crippen molar-refractivity contribution in [1.29, 1.82) is 0 Å². The number of carbonyl (C=O) groups is 2. The lowest BCUT2D eigenvalue weighted by Gasteiger charge is -2.09. The van der Waals surface area contributed by atoms with Gasteiger partial charge in [-0.15, -0.1) is 0 Å². The minimum atomic E-state index is -0.830. The van der Waals surface area contributed by atoms with E-state index >= 15 is 0 Å². The van der Waals surface area contributed by atoms with Gasteiger partial charge in [0.15, 0.2) is 0 Å². The first-order valence-corrected chi connectivity index (χ1v) is 7.10. The number of esters is 2. The van der Waals surface area contributed by atoms with Gasteiger partial charge in [-0.25, -0.2) is 19.6 Å². The van der Waals surface area contributed by atoms with Gasteiger partial charge in [-0.2, -0.15) is 0 Å². The Bertz CT molecular complexity index is 772. The van der Waals surface area contributed by atoms with Crippen molar-refractivity contribution in [2.75, 3.05) is 0 Å². The molecule has 2 atom stereocenters. The van der Waals surface area contributed by atoms with Crippen molar-refractivity contribution in [3.05, 3.63) is 35.2 Å². The smallest absolute Gasteiger partial charge is 0.347 e. The van der Waals surface area contributed by atoms with Crippen LogP contribution in [0.3, 0.4) is 0 Å². The van der Waals surface area contributed by atoms with Crippen LogP contribution in [-0.4, -0.2) is 34.1 Å². The zero-order valence-corrected chi connectivity index (χ0v) is 12.6. The summed E-state index contributed by atoms with van der Waals surface area (Å²) in [5.41, 5.74) is 3.35. The van der Waals surface area contributed by atoms with Crippen molar-refractivity contribution >= 4 is 23.0 Å². The molecule has 1 aromatic carbocycles. The second-order valence-corrected chi connectivity index (χ2v) is 5.48. The molecule has 0 radical (unpaired) electrons. The molecule has 1 saturated heterocycles. The highest BCUT2D eigenvalue weighted by molar-refractivity contribution is 5.95. The van der Waals surface area contributed by atoms with E-state index in [0.29, 0.717) is 23.0 Å². The molecular formula is C16H16N2O4. The summed E-state index contributed by atoms with van der Waals surface area (Å²) in [6.45, 7) is 5.52. The molecule has 2 heterocycles. The van der Waals surface area contributed by atoms with E-state index in [0.717, 1.165) is 11.4 Å². The zero-order valence-electron chi connectivity index (χ0n) is 12.6. The van der Waals surface area contributed by atoms with Gasteiger partial charge in [0.1, 0.15) is 6.10 Å². The average molecular weight is 300 g/mol. The van der Waals surface area contributed by atoms with Gasteiger partial charge in [-0.3, -0.25) is 0 Å². The lowest BCUT2D eigenvalue weighted by Crippen LogP contribution is -2.22. The Morgan fingerprint density at radius 1 is 1.23 bits per heavy atom. The molecule has 0 aliphatic carbocycles. The number of nitrogens with zero attached hydrogens (tertiary/aromatic N) is 2. The number of ether oxygens (including phenoxy) is 2. The predicted molar refractivity (Wildman–Crippen MR) is 78.4 cm³/mol. The van der Waals surface area contributed by atoms with Crippen molar-refractivity contribution in [3.8, 4) is 0 Å². The van der Waals surface area contributed by atoms with E-state index in [4.69, 9.17) is 9.47 Å². The first-order chi connectivity index (χ1) is 10.4. The first-order valence-electron chi connectivity index (χ1n) is 7.10. The van der Waals surface area contributed by atoms with Crippen LogP contribution in [0.25, 0.3) is 11.0 Å². The summed E-state index contributed by atoms with van der Waals surface area (Å²) in [4.78, 5) is 32.5. The van der Waals surface area contributed by atoms with Gasteiger partial charge >= 0.3 is 11.9 Å². The summed E-state index contributed by atoms with van der Waals surface area (Å²) >= 11 is 0. The summed E-state index contributed by atoms with van der Waals surface area (Å²) in [6.07, 6.45) is -0.668. The Labute approximate surface area is 127 Å². The van der Waals surface area contributed by atoms with Crippen LogP contribution < -0.4 is 0 Å². The largest absolute Gasteiger partial charge is 0.460 e. The van der Waals surface area contributed by atoms with Gasteiger partial charge in [0.2, 0.25) is 6.10 Å². The van der Waals surface area contributed by atoms with Crippen molar-refractivity contribution in [1.82, 2.24) is 9.97 Å². The van der Waals surface area contributed by atoms with Crippen molar-refractivity contribution in [2.24, 2.45) is 0 Å². The van der Waals surface area contributed by atoms with Gasteiger partial charge in [0.25, 0.3) is 0 Å². The fraction of sp³-hybridized carbons (Fsp3) is 0.375. The van der Waals surface area contributed by atoms with Crippen LogP contribution in [0.2, 0.25) is 0 Å². The summed E-state index contributed by atoms with van der Waals surface area (Å²) in [5.74, 6) is -1.05. The van der Waals surface area contributed by atoms with Crippen LogP contribution in [-0.2, 0) is 14.3 Å². The molecule has 0 N–H and O–H groups in total. The second kappa shape index (κ2) is 5.36. The number of hydrogen-bond donors (Lipinski definition) is 0. The van der Waals surface area contributed by atoms with E-state index in [1.807, 2.05) is 13.8 Å². The van der Waals surface area contributed by atoms with E-state index in [2.05, 4.69) is 9.97 Å². The Morgan fingerprint density at radius 2 is 1.91 bits per heavy atom. The number of cyclic esters (lactones) is 1. The van der Waals surface area contributed by atoms with Crippen LogP contribution in [0.15, 0.2) is 18.2 Å². The number of aryl methyl sites for hydroxylation is 2. The van der Waals surface area contributed by atoms with Gasteiger partial charge in [-0.05, 0) is 39.0 Å².